The summed E-state index contributed by atoms with van der Waals surface area (Å²) < 4.78 is 14.1. The second-order valence-electron chi connectivity index (χ2n) is 7.94. The third kappa shape index (κ3) is 5.33. The minimum absolute atomic E-state index is 0.0361. The van der Waals surface area contributed by atoms with Gasteiger partial charge in [-0.15, -0.1) is 0 Å². The van der Waals surface area contributed by atoms with Crippen molar-refractivity contribution in [1.29, 1.82) is 0 Å². The Bertz CT molecular complexity index is 938. The molecule has 7 heteroatoms. The average Bonchev–Trinajstić information content (AvgIpc) is 2.83. The van der Waals surface area contributed by atoms with Gasteiger partial charge in [-0.3, -0.25) is 14.4 Å². The van der Waals surface area contributed by atoms with E-state index >= 15 is 0 Å². The summed E-state index contributed by atoms with van der Waals surface area (Å²) in [7, 11) is 0. The summed E-state index contributed by atoms with van der Waals surface area (Å²) in [4.78, 5) is 42.2. The molecule has 0 radical (unpaired) electrons. The van der Waals surface area contributed by atoms with E-state index in [4.69, 9.17) is 0 Å². The lowest BCUT2D eigenvalue weighted by Gasteiger charge is -2.37. The van der Waals surface area contributed by atoms with Gasteiger partial charge in [0.25, 0.3) is 11.8 Å². The van der Waals surface area contributed by atoms with Gasteiger partial charge in [-0.2, -0.15) is 0 Å². The van der Waals surface area contributed by atoms with Gasteiger partial charge in [-0.25, -0.2) is 4.39 Å². The van der Waals surface area contributed by atoms with Crippen LogP contribution in [0, 0.1) is 11.7 Å². The highest BCUT2D eigenvalue weighted by atomic mass is 19.1. The molecule has 1 aliphatic rings. The third-order valence-electron chi connectivity index (χ3n) is 6.07. The highest BCUT2D eigenvalue weighted by Crippen LogP contribution is 2.24. The Morgan fingerprint density at radius 3 is 2.19 bits per heavy atom. The number of amides is 3. The van der Waals surface area contributed by atoms with E-state index in [-0.39, 0.29) is 23.3 Å². The molecule has 170 valence electrons. The van der Waals surface area contributed by atoms with Crippen molar-refractivity contribution < 1.29 is 18.8 Å². The van der Waals surface area contributed by atoms with Gasteiger partial charge in [0.1, 0.15) is 11.9 Å². The number of nitrogens with one attached hydrogen (secondary N) is 1. The molecule has 0 aromatic heterocycles. The number of carbonyl (C=O) groups excluding carboxylic acids is 3. The topological polar surface area (TPSA) is 69.7 Å². The van der Waals surface area contributed by atoms with Crippen LogP contribution >= 0.6 is 0 Å². The molecule has 1 N–H and O–H groups in total. The van der Waals surface area contributed by atoms with Crippen molar-refractivity contribution in [1.82, 2.24) is 15.1 Å². The fraction of sp³-hybridized carbons (Fsp3) is 0.400. The Morgan fingerprint density at radius 1 is 1.00 bits per heavy atom. The van der Waals surface area contributed by atoms with Crippen molar-refractivity contribution in [3.05, 3.63) is 71.5 Å². The first kappa shape index (κ1) is 23.4. The molecule has 0 spiro atoms. The van der Waals surface area contributed by atoms with Crippen LogP contribution in [0.5, 0.6) is 0 Å². The second-order valence-corrected chi connectivity index (χ2v) is 7.94. The van der Waals surface area contributed by atoms with E-state index in [2.05, 4.69) is 5.32 Å². The molecular formula is C25H30FN3O3. The number of likely N-dealkylation sites (N-methyl/N-ethyl adjacent to an activating group) is 1. The van der Waals surface area contributed by atoms with E-state index in [1.54, 1.807) is 28.0 Å². The van der Waals surface area contributed by atoms with E-state index in [1.165, 1.54) is 18.2 Å². The van der Waals surface area contributed by atoms with Crippen molar-refractivity contribution in [3.8, 4) is 0 Å². The quantitative estimate of drug-likeness (QED) is 0.719. The van der Waals surface area contributed by atoms with E-state index in [0.29, 0.717) is 44.6 Å². The zero-order valence-electron chi connectivity index (χ0n) is 18.6. The zero-order valence-corrected chi connectivity index (χ0v) is 18.6. The zero-order chi connectivity index (χ0) is 23.1. The number of rotatable bonds is 7. The van der Waals surface area contributed by atoms with Crippen molar-refractivity contribution >= 4 is 17.7 Å². The largest absolute Gasteiger partial charge is 0.341 e. The number of halogens is 1. The average molecular weight is 440 g/mol. The second kappa shape index (κ2) is 10.9. The molecule has 1 heterocycles. The molecule has 0 aliphatic carbocycles. The lowest BCUT2D eigenvalue weighted by atomic mass is 9.87. The number of hydrogen-bond donors (Lipinski definition) is 1. The van der Waals surface area contributed by atoms with Gasteiger partial charge in [0.05, 0.1) is 5.56 Å². The first-order chi connectivity index (χ1) is 15.5. The van der Waals surface area contributed by atoms with E-state index < -0.39 is 17.8 Å². The summed E-state index contributed by atoms with van der Waals surface area (Å²) in [5, 5.41) is 2.79. The first-order valence-electron chi connectivity index (χ1n) is 11.1. The Labute approximate surface area is 188 Å². The molecule has 1 aliphatic heterocycles. The van der Waals surface area contributed by atoms with Gasteiger partial charge in [-0.1, -0.05) is 30.3 Å². The van der Waals surface area contributed by atoms with Gasteiger partial charge in [0, 0.05) is 31.7 Å². The summed E-state index contributed by atoms with van der Waals surface area (Å²) in [6.07, 6.45) is 1.15. The summed E-state index contributed by atoms with van der Waals surface area (Å²) in [6.45, 7) is 5.81. The molecule has 32 heavy (non-hydrogen) atoms. The molecule has 2 aromatic carbocycles. The van der Waals surface area contributed by atoms with Gasteiger partial charge >= 0.3 is 0 Å². The lowest BCUT2D eigenvalue weighted by Crippen LogP contribution is -2.54. The summed E-state index contributed by atoms with van der Waals surface area (Å²) in [5.74, 6) is -1.57. The van der Waals surface area contributed by atoms with E-state index in [9.17, 15) is 18.8 Å². The number of nitrogens with zero attached hydrogens (tertiary/aromatic N) is 2. The van der Waals surface area contributed by atoms with Gasteiger partial charge in [0.15, 0.2) is 0 Å². The molecule has 3 amide bonds. The normalized spacial score (nSPS) is 15.2. The summed E-state index contributed by atoms with van der Waals surface area (Å²) >= 11 is 0. The predicted molar refractivity (Wildman–Crippen MR) is 121 cm³/mol. The monoisotopic (exact) mass is 439 g/mol. The van der Waals surface area contributed by atoms with Crippen LogP contribution < -0.4 is 5.32 Å². The standard InChI is InChI=1S/C25H30FN3O3/c1-3-28(4-2)25(32)22(27-23(30)20-12-8-9-13-21(20)26)18-14-16-29(17-15-18)24(31)19-10-6-5-7-11-19/h5-13,18,22H,3-4,14-17H2,1-2H3,(H,27,30). The highest BCUT2D eigenvalue weighted by molar-refractivity contribution is 5.98. The Balaban J connectivity index is 1.74. The Morgan fingerprint density at radius 2 is 1.59 bits per heavy atom. The van der Waals surface area contributed by atoms with Gasteiger partial charge in [0.2, 0.25) is 5.91 Å². The molecule has 1 unspecified atom stereocenters. The van der Waals surface area contributed by atoms with Crippen molar-refractivity contribution in [2.45, 2.75) is 32.7 Å². The third-order valence-corrected chi connectivity index (χ3v) is 6.07. The van der Waals surface area contributed by atoms with Crippen molar-refractivity contribution in [2.24, 2.45) is 5.92 Å². The first-order valence-corrected chi connectivity index (χ1v) is 11.1. The van der Waals surface area contributed by atoms with Crippen LogP contribution in [0.3, 0.4) is 0 Å². The summed E-state index contributed by atoms with van der Waals surface area (Å²) in [6, 6.07) is 14.1. The predicted octanol–water partition coefficient (Wildman–Crippen LogP) is 3.34. The molecule has 6 nitrogen and oxygen atoms in total. The fourth-order valence-corrected chi connectivity index (χ4v) is 4.18. The van der Waals surface area contributed by atoms with Crippen LogP contribution in [0.25, 0.3) is 0 Å². The fourth-order valence-electron chi connectivity index (χ4n) is 4.18. The number of hydrogen-bond acceptors (Lipinski definition) is 3. The van der Waals surface area contributed by atoms with Crippen molar-refractivity contribution in [3.63, 3.8) is 0 Å². The molecule has 1 saturated heterocycles. The van der Waals surface area contributed by atoms with E-state index in [0.717, 1.165) is 0 Å². The highest BCUT2D eigenvalue weighted by Gasteiger charge is 2.36. The molecular weight excluding hydrogens is 409 g/mol. The maximum atomic E-state index is 14.1. The minimum atomic E-state index is -0.768. The lowest BCUT2D eigenvalue weighted by molar-refractivity contribution is -0.134. The van der Waals surface area contributed by atoms with Gasteiger partial charge in [-0.05, 0) is 56.9 Å². The molecule has 2 aromatic rings. The number of carbonyl (C=O) groups is 3. The Hall–Kier alpha value is -3.22. The number of piperidine rings is 1. The molecule has 0 saturated carbocycles. The van der Waals surface area contributed by atoms with Crippen LogP contribution in [-0.4, -0.2) is 59.7 Å². The smallest absolute Gasteiger partial charge is 0.254 e. The van der Waals surface area contributed by atoms with Crippen LogP contribution in [-0.2, 0) is 4.79 Å². The molecule has 1 atom stereocenters. The van der Waals surface area contributed by atoms with E-state index in [1.807, 2.05) is 32.0 Å². The van der Waals surface area contributed by atoms with Crippen LogP contribution in [0.1, 0.15) is 47.4 Å². The molecule has 0 bridgehead atoms. The Kier molecular flexibility index (Phi) is 7.98. The summed E-state index contributed by atoms with van der Waals surface area (Å²) in [5.41, 5.74) is 0.552. The maximum Gasteiger partial charge on any atom is 0.254 e. The SMILES string of the molecule is CCN(CC)C(=O)C(NC(=O)c1ccccc1F)C1CCN(C(=O)c2ccccc2)CC1. The van der Waals surface area contributed by atoms with Crippen LogP contribution in [0.2, 0.25) is 0 Å². The van der Waals surface area contributed by atoms with Gasteiger partial charge < -0.3 is 15.1 Å². The number of likely N-dealkylation sites (tertiary alicyclic amines) is 1. The minimum Gasteiger partial charge on any atom is -0.341 e. The van der Waals surface area contributed by atoms with Crippen LogP contribution in [0.4, 0.5) is 4.39 Å². The number of benzene rings is 2. The molecule has 1 fully saturated rings. The van der Waals surface area contributed by atoms with Crippen LogP contribution in [0.15, 0.2) is 54.6 Å². The maximum absolute atomic E-state index is 14.1. The molecule has 3 rings (SSSR count). The van der Waals surface area contributed by atoms with Crippen molar-refractivity contribution in [2.75, 3.05) is 26.2 Å².